The first-order valence-corrected chi connectivity index (χ1v) is 4.18. The molecule has 0 unspecified atom stereocenters. The van der Waals surface area contributed by atoms with Crippen LogP contribution in [0.25, 0.3) is 5.52 Å². The zero-order chi connectivity index (χ0) is 9.26. The topological polar surface area (TPSA) is 34.4 Å². The lowest BCUT2D eigenvalue weighted by Crippen LogP contribution is -1.92. The summed E-state index contributed by atoms with van der Waals surface area (Å²) in [5.74, 6) is 0.947. The number of aldehydes is 1. The van der Waals surface area contributed by atoms with E-state index in [0.29, 0.717) is 6.42 Å². The Kier molecular flexibility index (Phi) is 1.85. The maximum absolute atomic E-state index is 10.4. The summed E-state index contributed by atoms with van der Waals surface area (Å²) in [6.07, 6.45) is 5.12. The molecule has 0 aromatic carbocycles. The van der Waals surface area contributed by atoms with Crippen molar-refractivity contribution in [2.75, 3.05) is 0 Å². The predicted octanol–water partition coefficient (Wildman–Crippen LogP) is 1.38. The van der Waals surface area contributed by atoms with Gasteiger partial charge in [-0.2, -0.15) is 0 Å². The van der Waals surface area contributed by atoms with Crippen LogP contribution < -0.4 is 0 Å². The number of imidazole rings is 1. The highest BCUT2D eigenvalue weighted by atomic mass is 16.1. The second kappa shape index (κ2) is 3.01. The summed E-state index contributed by atoms with van der Waals surface area (Å²) in [7, 11) is 0. The SMILES string of the molecule is Cc1ncc2c(CC=O)cccn12. The van der Waals surface area contributed by atoms with Crippen LogP contribution >= 0.6 is 0 Å². The lowest BCUT2D eigenvalue weighted by atomic mass is 10.2. The number of carbonyl (C=O) groups is 1. The quantitative estimate of drug-likeness (QED) is 0.645. The number of aromatic nitrogens is 2. The molecule has 3 nitrogen and oxygen atoms in total. The predicted molar refractivity (Wildman–Crippen MR) is 49.7 cm³/mol. The van der Waals surface area contributed by atoms with Crippen LogP contribution in [0, 0.1) is 6.92 Å². The second-order valence-corrected chi connectivity index (χ2v) is 2.96. The van der Waals surface area contributed by atoms with E-state index in [1.165, 1.54) is 0 Å². The molecule has 2 aromatic heterocycles. The number of rotatable bonds is 2. The number of hydrogen-bond acceptors (Lipinski definition) is 2. The van der Waals surface area contributed by atoms with E-state index >= 15 is 0 Å². The smallest absolute Gasteiger partial charge is 0.124 e. The summed E-state index contributed by atoms with van der Waals surface area (Å²) >= 11 is 0. The van der Waals surface area contributed by atoms with Gasteiger partial charge in [0.2, 0.25) is 0 Å². The minimum absolute atomic E-state index is 0.454. The largest absolute Gasteiger partial charge is 0.304 e. The Bertz CT molecular complexity index is 445. The van der Waals surface area contributed by atoms with Gasteiger partial charge < -0.3 is 9.20 Å². The molecule has 0 bridgehead atoms. The molecule has 2 rings (SSSR count). The number of fused-ring (bicyclic) bond motifs is 1. The molecule has 0 aliphatic carbocycles. The molecule has 13 heavy (non-hydrogen) atoms. The first-order chi connectivity index (χ1) is 6.33. The van der Waals surface area contributed by atoms with Crippen molar-refractivity contribution in [1.29, 1.82) is 0 Å². The number of pyridine rings is 1. The molecule has 0 aliphatic heterocycles. The third-order valence-electron chi connectivity index (χ3n) is 2.15. The zero-order valence-electron chi connectivity index (χ0n) is 7.40. The van der Waals surface area contributed by atoms with Gasteiger partial charge in [-0.15, -0.1) is 0 Å². The van der Waals surface area contributed by atoms with E-state index in [9.17, 15) is 4.79 Å². The van der Waals surface area contributed by atoms with E-state index < -0.39 is 0 Å². The summed E-state index contributed by atoms with van der Waals surface area (Å²) in [6.45, 7) is 1.94. The fourth-order valence-corrected chi connectivity index (χ4v) is 1.47. The van der Waals surface area contributed by atoms with Crippen LogP contribution in [0.2, 0.25) is 0 Å². The Labute approximate surface area is 76.0 Å². The highest BCUT2D eigenvalue weighted by Crippen LogP contribution is 2.11. The van der Waals surface area contributed by atoms with Crippen LogP contribution in [-0.2, 0) is 11.2 Å². The molecule has 0 fully saturated rings. The summed E-state index contributed by atoms with van der Waals surface area (Å²) in [5, 5.41) is 0. The standard InChI is InChI=1S/C10H10N2O/c1-8-11-7-10-9(4-6-13)3-2-5-12(8)10/h2-3,5-7H,4H2,1H3. The van der Waals surface area contributed by atoms with Gasteiger partial charge in [0.25, 0.3) is 0 Å². The normalized spacial score (nSPS) is 10.5. The Balaban J connectivity index is 2.69. The van der Waals surface area contributed by atoms with Crippen molar-refractivity contribution in [1.82, 2.24) is 9.38 Å². The number of carbonyl (C=O) groups excluding carboxylic acids is 1. The van der Waals surface area contributed by atoms with Crippen molar-refractivity contribution >= 4 is 11.8 Å². The van der Waals surface area contributed by atoms with Crippen molar-refractivity contribution in [2.24, 2.45) is 0 Å². The Morgan fingerprint density at radius 2 is 2.46 bits per heavy atom. The molecule has 0 saturated heterocycles. The van der Waals surface area contributed by atoms with Crippen LogP contribution in [-0.4, -0.2) is 15.7 Å². The lowest BCUT2D eigenvalue weighted by molar-refractivity contribution is -0.107. The molecular weight excluding hydrogens is 164 g/mol. The van der Waals surface area contributed by atoms with Gasteiger partial charge in [0.15, 0.2) is 0 Å². The van der Waals surface area contributed by atoms with Gasteiger partial charge in [-0.1, -0.05) is 6.07 Å². The second-order valence-electron chi connectivity index (χ2n) is 2.96. The van der Waals surface area contributed by atoms with Gasteiger partial charge in [-0.3, -0.25) is 0 Å². The molecule has 2 heterocycles. The summed E-state index contributed by atoms with van der Waals surface area (Å²) in [6, 6.07) is 3.88. The van der Waals surface area contributed by atoms with Crippen LogP contribution in [0.1, 0.15) is 11.4 Å². The zero-order valence-corrected chi connectivity index (χ0v) is 7.40. The Morgan fingerprint density at radius 3 is 3.23 bits per heavy atom. The minimum atomic E-state index is 0.454. The van der Waals surface area contributed by atoms with Crippen molar-refractivity contribution in [2.45, 2.75) is 13.3 Å². The van der Waals surface area contributed by atoms with Crippen molar-refractivity contribution < 1.29 is 4.79 Å². The lowest BCUT2D eigenvalue weighted by Gasteiger charge is -1.99. The third kappa shape index (κ3) is 1.22. The molecule has 0 spiro atoms. The molecular formula is C10H10N2O. The average molecular weight is 174 g/mol. The highest BCUT2D eigenvalue weighted by Gasteiger charge is 2.02. The fraction of sp³-hybridized carbons (Fsp3) is 0.200. The van der Waals surface area contributed by atoms with Crippen LogP contribution in [0.4, 0.5) is 0 Å². The third-order valence-corrected chi connectivity index (χ3v) is 2.15. The maximum Gasteiger partial charge on any atom is 0.124 e. The van der Waals surface area contributed by atoms with Gasteiger partial charge >= 0.3 is 0 Å². The van der Waals surface area contributed by atoms with Gasteiger partial charge in [-0.05, 0) is 18.6 Å². The molecule has 0 N–H and O–H groups in total. The van der Waals surface area contributed by atoms with Crippen LogP contribution in [0.5, 0.6) is 0 Å². The van der Waals surface area contributed by atoms with Gasteiger partial charge in [-0.25, -0.2) is 4.98 Å². The van der Waals surface area contributed by atoms with Gasteiger partial charge in [0.1, 0.15) is 12.1 Å². The summed E-state index contributed by atoms with van der Waals surface area (Å²) < 4.78 is 1.98. The van der Waals surface area contributed by atoms with Crippen LogP contribution in [0.15, 0.2) is 24.5 Å². The maximum atomic E-state index is 10.4. The molecule has 0 atom stereocenters. The summed E-state index contributed by atoms with van der Waals surface area (Å²) in [4.78, 5) is 14.6. The average Bonchev–Trinajstić information content (AvgIpc) is 2.50. The van der Waals surface area contributed by atoms with E-state index in [2.05, 4.69) is 4.98 Å². The van der Waals surface area contributed by atoms with E-state index in [-0.39, 0.29) is 0 Å². The van der Waals surface area contributed by atoms with Crippen molar-refractivity contribution in [3.8, 4) is 0 Å². The van der Waals surface area contributed by atoms with Crippen molar-refractivity contribution in [3.63, 3.8) is 0 Å². The van der Waals surface area contributed by atoms with Crippen molar-refractivity contribution in [3.05, 3.63) is 35.9 Å². The molecule has 0 aliphatic rings. The fourth-order valence-electron chi connectivity index (χ4n) is 1.47. The number of hydrogen-bond donors (Lipinski definition) is 0. The highest BCUT2D eigenvalue weighted by molar-refractivity contribution is 5.64. The first-order valence-electron chi connectivity index (χ1n) is 4.18. The van der Waals surface area contributed by atoms with Crippen LogP contribution in [0.3, 0.4) is 0 Å². The van der Waals surface area contributed by atoms with Gasteiger partial charge in [0.05, 0.1) is 11.7 Å². The monoisotopic (exact) mass is 174 g/mol. The first kappa shape index (κ1) is 7.98. The number of aryl methyl sites for hydroxylation is 1. The van der Waals surface area contributed by atoms with E-state index in [1.54, 1.807) is 6.20 Å². The van der Waals surface area contributed by atoms with E-state index in [0.717, 1.165) is 23.2 Å². The van der Waals surface area contributed by atoms with E-state index in [1.807, 2.05) is 29.7 Å². The summed E-state index contributed by atoms with van der Waals surface area (Å²) in [5.41, 5.74) is 2.05. The molecule has 66 valence electrons. The Morgan fingerprint density at radius 1 is 1.62 bits per heavy atom. The molecule has 0 saturated carbocycles. The van der Waals surface area contributed by atoms with Gasteiger partial charge in [0, 0.05) is 12.6 Å². The molecule has 3 heteroatoms. The molecule has 2 aromatic rings. The molecule has 0 amide bonds. The van der Waals surface area contributed by atoms with E-state index in [4.69, 9.17) is 0 Å². The Hall–Kier alpha value is -1.64. The molecule has 0 radical (unpaired) electrons. The number of nitrogens with zero attached hydrogens (tertiary/aromatic N) is 2. The minimum Gasteiger partial charge on any atom is -0.304 e.